The summed E-state index contributed by atoms with van der Waals surface area (Å²) in [5.41, 5.74) is 0. The fourth-order valence-corrected chi connectivity index (χ4v) is 1.61. The second-order valence-corrected chi connectivity index (χ2v) is 5.36. The zero-order chi connectivity index (χ0) is 14.8. The first kappa shape index (κ1) is 14.4. The highest BCUT2D eigenvalue weighted by Gasteiger charge is 2.29. The summed E-state index contributed by atoms with van der Waals surface area (Å²) in [7, 11) is 0. The number of ether oxygens (including phenoxy) is 6. The third-order valence-corrected chi connectivity index (χ3v) is 2.45. The summed E-state index contributed by atoms with van der Waals surface area (Å²) in [5, 5.41) is 0. The van der Waals surface area contributed by atoms with Crippen LogP contribution in [0.4, 0.5) is 0 Å². The van der Waals surface area contributed by atoms with Crippen molar-refractivity contribution in [1.82, 2.24) is 0 Å². The average Bonchev–Trinajstić information content (AvgIpc) is 2.86. The normalized spacial score (nSPS) is 21.6. The molecule has 2 heterocycles. The quantitative estimate of drug-likeness (QED) is 0.699. The Morgan fingerprint density at radius 1 is 0.950 bits per heavy atom. The van der Waals surface area contributed by atoms with Gasteiger partial charge in [-0.25, -0.2) is 0 Å². The van der Waals surface area contributed by atoms with E-state index in [4.69, 9.17) is 28.4 Å². The van der Waals surface area contributed by atoms with Crippen LogP contribution in [0.15, 0.2) is 36.6 Å². The van der Waals surface area contributed by atoms with Gasteiger partial charge in [-0.15, -0.1) is 0 Å². The van der Waals surface area contributed by atoms with Crippen LogP contribution in [0, 0.1) is 0 Å². The lowest BCUT2D eigenvalue weighted by Gasteiger charge is -2.19. The Bertz CT molecular complexity index is 407. The van der Waals surface area contributed by atoms with E-state index in [-0.39, 0.29) is 19.2 Å². The zero-order valence-corrected chi connectivity index (χ0v) is 12.2. The molecule has 0 atom stereocenters. The maximum absolute atomic E-state index is 5.47. The Hall–Kier alpha value is -1.98. The van der Waals surface area contributed by atoms with Crippen LogP contribution in [0.1, 0.15) is 27.7 Å². The van der Waals surface area contributed by atoms with Crippen LogP contribution in [-0.4, -0.2) is 24.8 Å². The van der Waals surface area contributed by atoms with Crippen LogP contribution < -0.4 is 0 Å². The van der Waals surface area contributed by atoms with Gasteiger partial charge in [0, 0.05) is 27.7 Å². The van der Waals surface area contributed by atoms with E-state index >= 15 is 0 Å². The third-order valence-electron chi connectivity index (χ3n) is 2.45. The largest absolute Gasteiger partial charge is 0.458 e. The van der Waals surface area contributed by atoms with Gasteiger partial charge in [-0.1, -0.05) is 0 Å². The van der Waals surface area contributed by atoms with Gasteiger partial charge in [-0.2, -0.15) is 0 Å². The Kier molecular flexibility index (Phi) is 3.74. The molecule has 6 nitrogen and oxygen atoms in total. The van der Waals surface area contributed by atoms with Gasteiger partial charge in [0.2, 0.25) is 11.6 Å². The fraction of sp³-hybridized carbons (Fsp3) is 0.571. The van der Waals surface area contributed by atoms with Crippen molar-refractivity contribution in [3.05, 3.63) is 36.6 Å². The molecule has 0 spiro atoms. The van der Waals surface area contributed by atoms with E-state index in [9.17, 15) is 0 Å². The smallest absolute Gasteiger partial charge is 0.272 e. The zero-order valence-electron chi connectivity index (χ0n) is 12.2. The molecule has 0 amide bonds. The van der Waals surface area contributed by atoms with Crippen LogP contribution in [0.25, 0.3) is 0 Å². The minimum Gasteiger partial charge on any atom is -0.458 e. The molecule has 0 bridgehead atoms. The summed E-state index contributed by atoms with van der Waals surface area (Å²) in [4.78, 5) is 0. The van der Waals surface area contributed by atoms with Gasteiger partial charge in [-0.3, -0.25) is 0 Å². The molecular weight excluding hydrogens is 264 g/mol. The van der Waals surface area contributed by atoms with E-state index < -0.39 is 11.6 Å². The molecule has 0 radical (unpaired) electrons. The van der Waals surface area contributed by atoms with Crippen molar-refractivity contribution in [1.29, 1.82) is 0 Å². The van der Waals surface area contributed by atoms with Crippen molar-refractivity contribution >= 4 is 0 Å². The van der Waals surface area contributed by atoms with E-state index in [1.807, 2.05) is 27.7 Å². The number of hydrogen-bond donors (Lipinski definition) is 0. The minimum absolute atomic E-state index is 0.174. The van der Waals surface area contributed by atoms with Crippen LogP contribution in [0.3, 0.4) is 0 Å². The first-order chi connectivity index (χ1) is 9.26. The summed E-state index contributed by atoms with van der Waals surface area (Å²) in [6, 6.07) is 0. The Labute approximate surface area is 118 Å². The predicted octanol–water partition coefficient (Wildman–Crippen LogP) is 2.74. The molecule has 20 heavy (non-hydrogen) atoms. The molecule has 2 aliphatic heterocycles. The van der Waals surface area contributed by atoms with E-state index in [2.05, 4.69) is 6.58 Å². The molecule has 2 aliphatic rings. The van der Waals surface area contributed by atoms with Crippen molar-refractivity contribution in [2.75, 3.05) is 13.2 Å². The molecule has 0 aromatic carbocycles. The summed E-state index contributed by atoms with van der Waals surface area (Å²) in [5.74, 6) is 0.0491. The Balaban J connectivity index is 1.65. The van der Waals surface area contributed by atoms with Crippen LogP contribution >= 0.6 is 0 Å². The van der Waals surface area contributed by atoms with E-state index in [0.29, 0.717) is 11.5 Å². The molecule has 0 aliphatic carbocycles. The van der Waals surface area contributed by atoms with Crippen LogP contribution in [0.2, 0.25) is 0 Å². The molecule has 0 unspecified atom stereocenters. The van der Waals surface area contributed by atoms with Crippen molar-refractivity contribution in [2.45, 2.75) is 39.3 Å². The molecule has 0 fully saturated rings. The van der Waals surface area contributed by atoms with Gasteiger partial charge in [0.15, 0.2) is 24.7 Å². The lowest BCUT2D eigenvalue weighted by Crippen LogP contribution is -2.21. The fourth-order valence-electron chi connectivity index (χ4n) is 1.61. The van der Waals surface area contributed by atoms with Gasteiger partial charge in [-0.05, 0) is 6.58 Å². The summed E-state index contributed by atoms with van der Waals surface area (Å²) >= 11 is 0. The first-order valence-electron chi connectivity index (χ1n) is 6.32. The second-order valence-electron chi connectivity index (χ2n) is 5.36. The monoisotopic (exact) mass is 284 g/mol. The summed E-state index contributed by atoms with van der Waals surface area (Å²) in [6.45, 7) is 11.3. The van der Waals surface area contributed by atoms with Crippen LogP contribution in [-0.2, 0) is 28.4 Å². The average molecular weight is 284 g/mol. The van der Waals surface area contributed by atoms with Crippen molar-refractivity contribution in [3.8, 4) is 0 Å². The van der Waals surface area contributed by atoms with Crippen molar-refractivity contribution in [2.24, 2.45) is 0 Å². The van der Waals surface area contributed by atoms with Gasteiger partial charge in [0.1, 0.15) is 12.5 Å². The Morgan fingerprint density at radius 3 is 1.65 bits per heavy atom. The maximum Gasteiger partial charge on any atom is 0.272 e. The van der Waals surface area contributed by atoms with E-state index in [1.165, 1.54) is 12.5 Å². The minimum atomic E-state index is -0.647. The molecule has 2 rings (SSSR count). The van der Waals surface area contributed by atoms with Crippen molar-refractivity contribution in [3.63, 3.8) is 0 Å². The van der Waals surface area contributed by atoms with Gasteiger partial charge in [0.25, 0.3) is 5.95 Å². The number of hydrogen-bond acceptors (Lipinski definition) is 6. The highest BCUT2D eigenvalue weighted by Crippen LogP contribution is 2.26. The van der Waals surface area contributed by atoms with Gasteiger partial charge < -0.3 is 28.4 Å². The lowest BCUT2D eigenvalue weighted by molar-refractivity contribution is -0.125. The topological polar surface area (TPSA) is 55.4 Å². The van der Waals surface area contributed by atoms with Crippen molar-refractivity contribution < 1.29 is 28.4 Å². The molecule has 112 valence electrons. The summed E-state index contributed by atoms with van der Waals surface area (Å²) in [6.07, 6.45) is 3.04. The van der Waals surface area contributed by atoms with Gasteiger partial charge >= 0.3 is 0 Å². The maximum atomic E-state index is 5.47. The predicted molar refractivity (Wildman–Crippen MR) is 69.7 cm³/mol. The molecule has 0 N–H and O–H groups in total. The molecule has 0 aromatic heterocycles. The highest BCUT2D eigenvalue weighted by atomic mass is 16.7. The van der Waals surface area contributed by atoms with E-state index in [1.54, 1.807) is 0 Å². The lowest BCUT2D eigenvalue weighted by atomic mass is 10.4. The molecule has 0 aromatic rings. The van der Waals surface area contributed by atoms with Gasteiger partial charge in [0.05, 0.1) is 0 Å². The highest BCUT2D eigenvalue weighted by molar-refractivity contribution is 4.98. The standard InChI is InChI=1S/C14H20O6/c1-10(15-6-11-8-17-13(2,3)19-11)16-7-12-9-18-14(4,5)20-12/h8-9H,1,6-7H2,2-5H3. The molecule has 6 heteroatoms. The SMILES string of the molecule is C=C(OCC1=COC(C)(C)O1)OCC1=COC(C)(C)O1. The summed E-state index contributed by atoms with van der Waals surface area (Å²) < 4.78 is 32.1. The molecule has 0 saturated carbocycles. The number of rotatable bonds is 6. The van der Waals surface area contributed by atoms with E-state index in [0.717, 1.165) is 0 Å². The molecular formula is C14H20O6. The third kappa shape index (κ3) is 4.01. The Morgan fingerprint density at radius 2 is 1.35 bits per heavy atom. The first-order valence-corrected chi connectivity index (χ1v) is 6.32. The molecule has 0 saturated heterocycles. The second kappa shape index (κ2) is 5.19. The van der Waals surface area contributed by atoms with Crippen LogP contribution in [0.5, 0.6) is 0 Å².